The summed E-state index contributed by atoms with van der Waals surface area (Å²) in [5, 5.41) is 55.8. The lowest BCUT2D eigenvalue weighted by molar-refractivity contribution is -0.169. The van der Waals surface area contributed by atoms with Gasteiger partial charge in [-0.25, -0.2) is 14.4 Å². The Hall–Kier alpha value is -5.47. The van der Waals surface area contributed by atoms with Gasteiger partial charge in [-0.2, -0.15) is 0 Å². The second kappa shape index (κ2) is 20.4. The lowest BCUT2D eigenvalue weighted by Crippen LogP contribution is -2.42. The van der Waals surface area contributed by atoms with Crippen molar-refractivity contribution < 1.29 is 44.7 Å². The number of nitrogens with one attached hydrogen (secondary N) is 2. The Morgan fingerprint density at radius 2 is 1.64 bits per heavy atom. The van der Waals surface area contributed by atoms with Crippen LogP contribution >= 0.6 is 34.0 Å². The Balaban J connectivity index is 0.000000708. The number of carboxylic acids is 2. The Labute approximate surface area is 361 Å². The van der Waals surface area contributed by atoms with E-state index in [0.717, 1.165) is 54.4 Å². The van der Waals surface area contributed by atoms with Gasteiger partial charge >= 0.3 is 22.8 Å². The van der Waals surface area contributed by atoms with Crippen molar-refractivity contribution in [3.05, 3.63) is 131 Å². The number of rotatable bonds is 16. The van der Waals surface area contributed by atoms with Crippen LogP contribution in [0.1, 0.15) is 59.1 Å². The van der Waals surface area contributed by atoms with E-state index in [4.69, 9.17) is 14.9 Å². The van der Waals surface area contributed by atoms with Crippen LogP contribution < -0.4 is 15.7 Å². The summed E-state index contributed by atoms with van der Waals surface area (Å²) in [4.78, 5) is 63.3. The number of phenolic OH excluding ortho intramolecular Hbond substituents is 1. The van der Waals surface area contributed by atoms with Crippen LogP contribution in [0.25, 0.3) is 21.1 Å². The molecule has 61 heavy (non-hydrogen) atoms. The molecule has 2 aromatic carbocycles. The Morgan fingerprint density at radius 1 is 0.967 bits per heavy atom. The monoisotopic (exact) mass is 890 g/mol. The first-order valence-electron chi connectivity index (χ1n) is 19.5. The van der Waals surface area contributed by atoms with Crippen LogP contribution in [0, 0.1) is 0 Å². The summed E-state index contributed by atoms with van der Waals surface area (Å²) >= 11 is 3.91. The molecule has 0 unspecified atom stereocenters. The number of pyridine rings is 1. The molecule has 0 saturated heterocycles. The van der Waals surface area contributed by atoms with Gasteiger partial charge in [-0.3, -0.25) is 14.2 Å². The van der Waals surface area contributed by atoms with Gasteiger partial charge in [-0.05, 0) is 104 Å². The molecule has 1 saturated carbocycles. The van der Waals surface area contributed by atoms with Gasteiger partial charge < -0.3 is 45.5 Å². The van der Waals surface area contributed by atoms with Crippen molar-refractivity contribution in [2.45, 2.75) is 69.0 Å². The van der Waals surface area contributed by atoms with Gasteiger partial charge in [0.15, 0.2) is 0 Å². The van der Waals surface area contributed by atoms with E-state index in [0.29, 0.717) is 57.5 Å². The number of H-pyrrole nitrogens is 1. The molecule has 4 aromatic heterocycles. The Morgan fingerprint density at radius 3 is 2.26 bits per heavy atom. The number of thiazole rings is 1. The number of benzene rings is 2. The first-order chi connectivity index (χ1) is 29.2. The van der Waals surface area contributed by atoms with E-state index in [1.54, 1.807) is 24.3 Å². The number of carbonyl (C=O) groups excluding carboxylic acids is 1. The quantitative estimate of drug-likeness (QED) is 0.0479. The van der Waals surface area contributed by atoms with Gasteiger partial charge in [0.25, 0.3) is 0 Å². The van der Waals surface area contributed by atoms with Crippen LogP contribution in [0.2, 0.25) is 0 Å². The molecule has 6 aromatic rings. The standard InChI is InChI=1S/C39H42N4O7S3.C4H4O4/c1-42(25-8-10-26(11-9-25)50-37(47)39(49,33-5-2-19-51-33)34-6-3-20-52-34)17-4-18-43-29-14-7-24(21-32(29)53-38(43)48)22-40-23-31(45)27-12-15-30(44)36-28(27)13-16-35(46)41-36;5-3(6)1-2-4(7)8/h2-3,5-7,12-16,19-21,25-26,31,40,44-45,49H,4,8-11,17-18,22-23H2,1H3,(H,41,46);1-2H,(H,5,6)(H,7,8)/t25?,26?,31-;/m0./s1. The zero-order chi connectivity index (χ0) is 43.7. The molecule has 1 fully saturated rings. The molecule has 0 bridgehead atoms. The molecule has 18 heteroatoms. The van der Waals surface area contributed by atoms with E-state index in [2.05, 4.69) is 22.2 Å². The molecule has 0 spiro atoms. The number of thiophene rings is 2. The second-order valence-corrected chi connectivity index (χ2v) is 17.5. The number of aliphatic hydroxyl groups excluding tert-OH is 1. The third-order valence-corrected chi connectivity index (χ3v) is 13.4. The molecular weight excluding hydrogens is 845 g/mol. The number of carboxylic acid groups (broad SMARTS) is 2. The third-order valence-electron chi connectivity index (χ3n) is 10.5. The predicted octanol–water partition coefficient (Wildman–Crippen LogP) is 5.38. The third kappa shape index (κ3) is 11.1. The van der Waals surface area contributed by atoms with E-state index >= 15 is 0 Å². The van der Waals surface area contributed by atoms with Crippen molar-refractivity contribution in [3.63, 3.8) is 0 Å². The number of carbonyl (C=O) groups is 3. The summed E-state index contributed by atoms with van der Waals surface area (Å²) in [7, 11) is 2.11. The maximum atomic E-state index is 13.4. The highest BCUT2D eigenvalue weighted by molar-refractivity contribution is 7.16. The summed E-state index contributed by atoms with van der Waals surface area (Å²) in [5.41, 5.74) is 0.663. The Kier molecular flexibility index (Phi) is 15.1. The van der Waals surface area contributed by atoms with Gasteiger partial charge in [0.2, 0.25) is 11.2 Å². The average Bonchev–Trinajstić information content (AvgIpc) is 4.04. The molecule has 7 N–H and O–H groups in total. The molecule has 322 valence electrons. The van der Waals surface area contributed by atoms with Gasteiger partial charge in [0.1, 0.15) is 11.9 Å². The summed E-state index contributed by atoms with van der Waals surface area (Å²) in [6.45, 7) is 2.17. The highest BCUT2D eigenvalue weighted by Gasteiger charge is 2.45. The fourth-order valence-corrected chi connectivity index (χ4v) is 10.1. The first kappa shape index (κ1) is 45.1. The zero-order valence-corrected chi connectivity index (χ0v) is 35.5. The fraction of sp³-hybridized carbons (Fsp3) is 0.326. The van der Waals surface area contributed by atoms with Crippen molar-refractivity contribution in [1.29, 1.82) is 0 Å². The number of aromatic amines is 1. The van der Waals surface area contributed by atoms with Crippen LogP contribution in [0.5, 0.6) is 5.75 Å². The lowest BCUT2D eigenvalue weighted by atomic mass is 9.91. The highest BCUT2D eigenvalue weighted by Crippen LogP contribution is 2.38. The van der Waals surface area contributed by atoms with Crippen molar-refractivity contribution in [1.82, 2.24) is 19.8 Å². The number of esters is 1. The van der Waals surface area contributed by atoms with Crippen molar-refractivity contribution >= 4 is 73.0 Å². The lowest BCUT2D eigenvalue weighted by Gasteiger charge is -2.35. The number of hydrogen-bond acceptors (Lipinski definition) is 14. The number of fused-ring (bicyclic) bond motifs is 2. The second-order valence-electron chi connectivity index (χ2n) is 14.6. The van der Waals surface area contributed by atoms with E-state index in [1.807, 2.05) is 45.7 Å². The van der Waals surface area contributed by atoms with Crippen LogP contribution in [0.4, 0.5) is 0 Å². The molecule has 15 nitrogen and oxygen atoms in total. The highest BCUT2D eigenvalue weighted by atomic mass is 32.1. The van der Waals surface area contributed by atoms with Crippen LogP contribution in [-0.4, -0.2) is 90.2 Å². The number of aryl methyl sites for hydroxylation is 1. The van der Waals surface area contributed by atoms with Crippen molar-refractivity contribution in [2.24, 2.45) is 0 Å². The van der Waals surface area contributed by atoms with Gasteiger partial charge in [-0.1, -0.05) is 35.6 Å². The molecule has 1 atom stereocenters. The number of aromatic hydroxyl groups is 1. The molecule has 1 aliphatic rings. The van der Waals surface area contributed by atoms with Crippen molar-refractivity contribution in [2.75, 3.05) is 20.1 Å². The van der Waals surface area contributed by atoms with Gasteiger partial charge in [0.05, 0.1) is 31.6 Å². The molecule has 0 amide bonds. The zero-order valence-electron chi connectivity index (χ0n) is 33.1. The maximum Gasteiger partial charge on any atom is 0.349 e. The number of phenols is 1. The minimum atomic E-state index is -1.79. The number of hydrogen-bond donors (Lipinski definition) is 7. The fourth-order valence-electron chi connectivity index (χ4n) is 7.38. The maximum absolute atomic E-state index is 13.4. The summed E-state index contributed by atoms with van der Waals surface area (Å²) < 4.78 is 8.69. The van der Waals surface area contributed by atoms with Gasteiger partial charge in [-0.15, -0.1) is 22.7 Å². The molecule has 7 rings (SSSR count). The van der Waals surface area contributed by atoms with E-state index < -0.39 is 29.6 Å². The van der Waals surface area contributed by atoms with Crippen LogP contribution in [0.3, 0.4) is 0 Å². The number of aliphatic hydroxyl groups is 2. The minimum absolute atomic E-state index is 0.00724. The molecule has 0 aliphatic heterocycles. The van der Waals surface area contributed by atoms with Crippen LogP contribution in [0.15, 0.2) is 99.2 Å². The predicted molar refractivity (Wildman–Crippen MR) is 234 cm³/mol. The van der Waals surface area contributed by atoms with E-state index in [-0.39, 0.29) is 28.8 Å². The SMILES string of the molecule is CN(CCCn1c(=O)sc2cc(CNC[C@H](O)c3ccc(O)c4[nH]c(=O)ccc34)ccc21)C1CCC(OC(=O)C(O)(c2cccs2)c2cccs2)CC1.O=C(O)C=CC(=O)O. The van der Waals surface area contributed by atoms with E-state index in [1.165, 1.54) is 46.1 Å². The van der Waals surface area contributed by atoms with E-state index in [9.17, 15) is 39.3 Å². The van der Waals surface area contributed by atoms with Crippen molar-refractivity contribution in [3.8, 4) is 5.75 Å². The first-order valence-corrected chi connectivity index (χ1v) is 22.0. The normalized spacial score (nSPS) is 16.1. The summed E-state index contributed by atoms with van der Waals surface area (Å²) in [6.07, 6.45) is 4.04. The topological polar surface area (TPSA) is 232 Å². The number of aromatic nitrogens is 2. The average molecular weight is 891 g/mol. The van der Waals surface area contributed by atoms with Gasteiger partial charge in [0, 0.05) is 49.3 Å². The number of ether oxygens (including phenoxy) is 1. The molecular formula is C43H46N4O11S3. The summed E-state index contributed by atoms with van der Waals surface area (Å²) in [5.74, 6) is -3.18. The molecule has 1 aliphatic carbocycles. The smallest absolute Gasteiger partial charge is 0.349 e. The molecule has 0 radical (unpaired) electrons. The minimum Gasteiger partial charge on any atom is -0.506 e. The number of nitrogens with zero attached hydrogens (tertiary/aromatic N) is 2. The number of aliphatic carboxylic acids is 2. The van der Waals surface area contributed by atoms with Crippen LogP contribution in [-0.2, 0) is 37.8 Å². The Bertz CT molecular complexity index is 2540. The largest absolute Gasteiger partial charge is 0.506 e. The molecule has 4 heterocycles. The summed E-state index contributed by atoms with van der Waals surface area (Å²) in [6, 6.07) is 19.6.